The number of aromatic nitrogens is 1. The Labute approximate surface area is 292 Å². The van der Waals surface area contributed by atoms with Crippen LogP contribution in [0.4, 0.5) is 10.6 Å². The number of urea groups is 1. The van der Waals surface area contributed by atoms with Gasteiger partial charge in [-0.3, -0.25) is 4.79 Å². The lowest BCUT2D eigenvalue weighted by Gasteiger charge is -2.36. The van der Waals surface area contributed by atoms with Gasteiger partial charge in [0.2, 0.25) is 0 Å². The molecule has 3 amide bonds. The number of nitrogens with one attached hydrogen (secondary N) is 1. The van der Waals surface area contributed by atoms with Crippen LogP contribution in [0, 0.1) is 6.92 Å². The van der Waals surface area contributed by atoms with Crippen LogP contribution in [-0.4, -0.2) is 68.3 Å². The van der Waals surface area contributed by atoms with Crippen LogP contribution >= 0.6 is 0 Å². The van der Waals surface area contributed by atoms with Crippen LogP contribution in [0.2, 0.25) is 0 Å². The average molecular weight is 671 g/mol. The summed E-state index contributed by atoms with van der Waals surface area (Å²) in [5, 5.41) is 26.9. The first kappa shape index (κ1) is 34.4. The highest BCUT2D eigenvalue weighted by Crippen LogP contribution is 2.30. The van der Waals surface area contributed by atoms with E-state index in [0.717, 1.165) is 22.4 Å². The largest absolute Gasteiger partial charge is 0.497 e. The van der Waals surface area contributed by atoms with E-state index in [1.165, 1.54) is 0 Å². The second-order valence-corrected chi connectivity index (χ2v) is 12.7. The van der Waals surface area contributed by atoms with Gasteiger partial charge in [-0.05, 0) is 78.4 Å². The van der Waals surface area contributed by atoms with Crippen LogP contribution in [0.25, 0.3) is 0 Å². The molecule has 1 saturated heterocycles. The minimum absolute atomic E-state index is 0.0938. The summed E-state index contributed by atoms with van der Waals surface area (Å²) in [6.07, 6.45) is -1.89. The number of aliphatic hydroxyl groups is 2. The van der Waals surface area contributed by atoms with Crippen molar-refractivity contribution in [3.63, 3.8) is 0 Å². The zero-order chi connectivity index (χ0) is 35.0. The minimum atomic E-state index is -1.28. The minimum Gasteiger partial charge on any atom is -0.497 e. The summed E-state index contributed by atoms with van der Waals surface area (Å²) in [5.74, 6) is 0.770. The number of carbonyl (C=O) groups excluding carboxylic acids is 2. The molecular formula is C41H42N4O5. The number of nitrogens with zero attached hydrogens (tertiary/aromatic N) is 3. The summed E-state index contributed by atoms with van der Waals surface area (Å²) < 4.78 is 5.47. The van der Waals surface area contributed by atoms with Gasteiger partial charge in [-0.25, -0.2) is 9.78 Å². The number of benzene rings is 4. The van der Waals surface area contributed by atoms with E-state index in [1.54, 1.807) is 41.2 Å². The molecule has 50 heavy (non-hydrogen) atoms. The SMILES string of the molecule is COc1cccc(CN2C(=O)N(Cc3cccc(C(=O)Nc4cccc(C)n4)c3)[C@H](Cc3ccccc3)[C@H](O)[C@@H](O)[C@H]2Cc2ccccc2)c1. The van der Waals surface area contributed by atoms with Crippen molar-refractivity contribution in [1.29, 1.82) is 0 Å². The highest BCUT2D eigenvalue weighted by atomic mass is 16.5. The summed E-state index contributed by atoms with van der Waals surface area (Å²) in [4.78, 5) is 36.0. The number of ether oxygens (including phenoxy) is 1. The summed E-state index contributed by atoms with van der Waals surface area (Å²) in [5.41, 5.74) is 4.56. The third-order valence-electron chi connectivity index (χ3n) is 9.16. The number of carbonyl (C=O) groups is 2. The molecule has 4 aromatic carbocycles. The number of rotatable bonds is 11. The average Bonchev–Trinajstić information content (AvgIpc) is 3.19. The number of anilines is 1. The van der Waals surface area contributed by atoms with Crippen molar-refractivity contribution in [2.45, 2.75) is 57.1 Å². The second-order valence-electron chi connectivity index (χ2n) is 12.7. The fourth-order valence-electron chi connectivity index (χ4n) is 6.59. The lowest BCUT2D eigenvalue weighted by atomic mass is 9.91. The molecule has 0 unspecified atom stereocenters. The van der Waals surface area contributed by atoms with Crippen LogP contribution in [-0.2, 0) is 25.9 Å². The van der Waals surface area contributed by atoms with Gasteiger partial charge in [-0.1, -0.05) is 91.0 Å². The molecule has 6 rings (SSSR count). The molecule has 0 radical (unpaired) electrons. The number of aliphatic hydroxyl groups excluding tert-OH is 2. The Kier molecular flexibility index (Phi) is 10.9. The first-order chi connectivity index (χ1) is 24.3. The smallest absolute Gasteiger partial charge is 0.321 e. The quantitative estimate of drug-likeness (QED) is 0.158. The molecule has 1 aromatic heterocycles. The van der Waals surface area contributed by atoms with E-state index < -0.39 is 24.3 Å². The van der Waals surface area contributed by atoms with Crippen molar-refractivity contribution in [1.82, 2.24) is 14.8 Å². The molecule has 1 fully saturated rings. The van der Waals surface area contributed by atoms with Crippen LogP contribution in [0.1, 0.15) is 38.3 Å². The monoisotopic (exact) mass is 670 g/mol. The molecule has 1 aliphatic rings. The van der Waals surface area contributed by atoms with Gasteiger partial charge in [0.15, 0.2) is 0 Å². The van der Waals surface area contributed by atoms with Gasteiger partial charge in [0.05, 0.1) is 19.2 Å². The normalized spacial score (nSPS) is 19.2. The maximum absolute atomic E-state index is 15.0. The van der Waals surface area contributed by atoms with E-state index >= 15 is 4.79 Å². The van der Waals surface area contributed by atoms with E-state index in [0.29, 0.717) is 35.5 Å². The Bertz CT molecular complexity index is 1900. The van der Waals surface area contributed by atoms with Gasteiger partial charge in [-0.2, -0.15) is 0 Å². The number of amides is 3. The fraction of sp³-hybridized carbons (Fsp3) is 0.244. The van der Waals surface area contributed by atoms with Crippen molar-refractivity contribution in [2.75, 3.05) is 12.4 Å². The van der Waals surface area contributed by atoms with E-state index in [-0.39, 0.29) is 25.0 Å². The van der Waals surface area contributed by atoms with Gasteiger partial charge < -0.3 is 30.1 Å². The molecule has 9 heteroatoms. The number of methoxy groups -OCH3 is 1. The third-order valence-corrected chi connectivity index (χ3v) is 9.16. The zero-order valence-electron chi connectivity index (χ0n) is 28.2. The predicted octanol–water partition coefficient (Wildman–Crippen LogP) is 6.03. The van der Waals surface area contributed by atoms with Crippen molar-refractivity contribution in [3.05, 3.63) is 161 Å². The van der Waals surface area contributed by atoms with Crippen LogP contribution in [0.15, 0.2) is 127 Å². The van der Waals surface area contributed by atoms with E-state index in [1.807, 2.05) is 110 Å². The van der Waals surface area contributed by atoms with E-state index in [9.17, 15) is 15.0 Å². The molecule has 5 aromatic rings. The summed E-state index contributed by atoms with van der Waals surface area (Å²) in [6, 6.07) is 37.5. The molecule has 2 heterocycles. The predicted molar refractivity (Wildman–Crippen MR) is 193 cm³/mol. The van der Waals surface area contributed by atoms with E-state index in [2.05, 4.69) is 10.3 Å². The summed E-state index contributed by atoms with van der Waals surface area (Å²) in [7, 11) is 1.59. The molecule has 0 aliphatic carbocycles. The maximum Gasteiger partial charge on any atom is 0.321 e. The fourth-order valence-corrected chi connectivity index (χ4v) is 6.59. The van der Waals surface area contributed by atoms with Gasteiger partial charge in [-0.15, -0.1) is 0 Å². The first-order valence-corrected chi connectivity index (χ1v) is 16.8. The topological polar surface area (TPSA) is 115 Å². The number of pyridine rings is 1. The van der Waals surface area contributed by atoms with Crippen LogP contribution in [0.5, 0.6) is 5.75 Å². The Morgan fingerprint density at radius 1 is 0.700 bits per heavy atom. The summed E-state index contributed by atoms with van der Waals surface area (Å²) >= 11 is 0. The van der Waals surface area contributed by atoms with Crippen molar-refractivity contribution in [2.24, 2.45) is 0 Å². The number of hydrogen-bond donors (Lipinski definition) is 3. The maximum atomic E-state index is 15.0. The van der Waals surface area contributed by atoms with Crippen LogP contribution < -0.4 is 10.1 Å². The second kappa shape index (κ2) is 15.8. The van der Waals surface area contributed by atoms with Crippen LogP contribution in [0.3, 0.4) is 0 Å². The Morgan fingerprint density at radius 2 is 1.22 bits per heavy atom. The molecular weight excluding hydrogens is 628 g/mol. The molecule has 1 aliphatic heterocycles. The van der Waals surface area contributed by atoms with Crippen molar-refractivity contribution < 1.29 is 24.5 Å². The third kappa shape index (κ3) is 8.19. The molecule has 0 spiro atoms. The highest BCUT2D eigenvalue weighted by Gasteiger charge is 2.46. The summed E-state index contributed by atoms with van der Waals surface area (Å²) in [6.45, 7) is 2.13. The van der Waals surface area contributed by atoms with Gasteiger partial charge >= 0.3 is 6.03 Å². The molecule has 4 atom stereocenters. The Balaban J connectivity index is 1.38. The number of hydrogen-bond acceptors (Lipinski definition) is 6. The molecule has 9 nitrogen and oxygen atoms in total. The van der Waals surface area contributed by atoms with Crippen molar-refractivity contribution in [3.8, 4) is 5.75 Å². The zero-order valence-corrected chi connectivity index (χ0v) is 28.2. The molecule has 0 bridgehead atoms. The van der Waals surface area contributed by atoms with Gasteiger partial charge in [0, 0.05) is 24.3 Å². The standard InChI is InChI=1S/C41H42N4O5/c1-28-12-9-21-37(42-28)43-40(48)33-19-10-17-31(22-33)26-44-35(24-29-13-5-3-6-14-29)38(46)39(47)36(25-30-15-7-4-8-16-30)45(41(44)49)27-32-18-11-20-34(23-32)50-2/h3-23,35-36,38-39,46-47H,24-27H2,1-2H3,(H,42,43,48)/t35-,36-,38+,39+/m1/s1. The highest BCUT2D eigenvalue weighted by molar-refractivity contribution is 6.03. The van der Waals surface area contributed by atoms with E-state index in [4.69, 9.17) is 4.74 Å². The van der Waals surface area contributed by atoms with Gasteiger partial charge in [0.1, 0.15) is 23.8 Å². The molecule has 256 valence electrons. The lowest BCUT2D eigenvalue weighted by molar-refractivity contribution is -0.0408. The number of aryl methyl sites for hydroxylation is 1. The van der Waals surface area contributed by atoms with Gasteiger partial charge in [0.25, 0.3) is 5.91 Å². The molecule has 3 N–H and O–H groups in total. The van der Waals surface area contributed by atoms with Crippen molar-refractivity contribution >= 4 is 17.8 Å². The lowest BCUT2D eigenvalue weighted by Crippen LogP contribution is -2.50. The Hall–Kier alpha value is -5.51. The first-order valence-electron chi connectivity index (χ1n) is 16.8. The Morgan fingerprint density at radius 3 is 1.78 bits per heavy atom. The molecule has 0 saturated carbocycles.